The average molecular weight is 232 g/mol. The second-order valence-electron chi connectivity index (χ2n) is 4.59. The molecule has 0 unspecified atom stereocenters. The van der Waals surface area contributed by atoms with Gasteiger partial charge < -0.3 is 10.4 Å². The molecule has 1 heterocycles. The van der Waals surface area contributed by atoms with Gasteiger partial charge >= 0.3 is 0 Å². The van der Waals surface area contributed by atoms with E-state index >= 15 is 0 Å². The number of hydrogen-bond donors (Lipinski definition) is 2. The molecule has 0 radical (unpaired) electrons. The monoisotopic (exact) mass is 232 g/mol. The Hall–Kier alpha value is -1.86. The van der Waals surface area contributed by atoms with Gasteiger partial charge in [0.2, 0.25) is 5.91 Å². The van der Waals surface area contributed by atoms with Crippen LogP contribution < -0.4 is 5.32 Å². The van der Waals surface area contributed by atoms with Crippen LogP contribution in [-0.4, -0.2) is 22.6 Å². The van der Waals surface area contributed by atoms with Crippen molar-refractivity contribution in [1.29, 1.82) is 0 Å². The summed E-state index contributed by atoms with van der Waals surface area (Å²) >= 11 is 0. The molecule has 0 aliphatic carbocycles. The standard InChI is InChI=1S/C13H16N2O2/c1-13(2,3)12(17)15-11-9-14-7-6-10(11)5-4-8-16/h6-7,9,16H,8H2,1-3H3,(H,15,17). The van der Waals surface area contributed by atoms with E-state index in [1.54, 1.807) is 18.5 Å². The van der Waals surface area contributed by atoms with Crippen molar-refractivity contribution >= 4 is 11.6 Å². The molecule has 0 atom stereocenters. The summed E-state index contributed by atoms with van der Waals surface area (Å²) in [6, 6.07) is 1.70. The molecule has 0 bridgehead atoms. The number of aliphatic hydroxyl groups excluding tert-OH is 1. The zero-order chi connectivity index (χ0) is 12.9. The summed E-state index contributed by atoms with van der Waals surface area (Å²) < 4.78 is 0. The minimum absolute atomic E-state index is 0.0995. The van der Waals surface area contributed by atoms with Crippen molar-refractivity contribution in [3.8, 4) is 11.8 Å². The number of nitrogens with one attached hydrogen (secondary N) is 1. The minimum atomic E-state index is -0.475. The molecule has 1 rings (SSSR count). The summed E-state index contributed by atoms with van der Waals surface area (Å²) in [7, 11) is 0. The Morgan fingerprint density at radius 3 is 2.82 bits per heavy atom. The fraction of sp³-hybridized carbons (Fsp3) is 0.385. The molecule has 1 aromatic heterocycles. The summed E-state index contributed by atoms with van der Waals surface area (Å²) in [5, 5.41) is 11.4. The van der Waals surface area contributed by atoms with E-state index in [1.807, 2.05) is 20.8 Å². The number of pyridine rings is 1. The molecular weight excluding hydrogens is 216 g/mol. The van der Waals surface area contributed by atoms with Crippen LogP contribution in [0.4, 0.5) is 5.69 Å². The maximum absolute atomic E-state index is 11.8. The number of aromatic nitrogens is 1. The summed E-state index contributed by atoms with van der Waals surface area (Å²) in [5.74, 6) is 5.21. The van der Waals surface area contributed by atoms with E-state index in [9.17, 15) is 4.79 Å². The first kappa shape index (κ1) is 13.2. The predicted octanol–water partition coefficient (Wildman–Crippen LogP) is 1.41. The van der Waals surface area contributed by atoms with Crippen molar-refractivity contribution in [2.45, 2.75) is 20.8 Å². The van der Waals surface area contributed by atoms with Crippen LogP contribution in [0.1, 0.15) is 26.3 Å². The number of rotatable bonds is 1. The molecule has 0 aliphatic rings. The van der Waals surface area contributed by atoms with Gasteiger partial charge in [-0.2, -0.15) is 0 Å². The lowest BCUT2D eigenvalue weighted by Gasteiger charge is -2.18. The third-order valence-electron chi connectivity index (χ3n) is 2.05. The average Bonchev–Trinajstić information content (AvgIpc) is 2.26. The molecule has 2 N–H and O–H groups in total. The second-order valence-corrected chi connectivity index (χ2v) is 4.59. The Morgan fingerprint density at radius 1 is 1.53 bits per heavy atom. The topological polar surface area (TPSA) is 62.2 Å². The van der Waals surface area contributed by atoms with Crippen molar-refractivity contribution < 1.29 is 9.90 Å². The van der Waals surface area contributed by atoms with Gasteiger partial charge in [-0.3, -0.25) is 9.78 Å². The highest BCUT2D eigenvalue weighted by Gasteiger charge is 2.21. The number of carbonyl (C=O) groups is 1. The van der Waals surface area contributed by atoms with Crippen LogP contribution in [0.15, 0.2) is 18.5 Å². The Labute approximate surface area is 101 Å². The smallest absolute Gasteiger partial charge is 0.229 e. The van der Waals surface area contributed by atoms with Gasteiger partial charge in [0.15, 0.2) is 0 Å². The number of aliphatic hydroxyl groups is 1. The fourth-order valence-electron chi connectivity index (χ4n) is 1.05. The van der Waals surface area contributed by atoms with Gasteiger partial charge in [0.1, 0.15) is 6.61 Å². The predicted molar refractivity (Wildman–Crippen MR) is 66.3 cm³/mol. The van der Waals surface area contributed by atoms with Gasteiger partial charge in [0.05, 0.1) is 17.4 Å². The summed E-state index contributed by atoms with van der Waals surface area (Å²) in [4.78, 5) is 15.8. The summed E-state index contributed by atoms with van der Waals surface area (Å²) in [6.07, 6.45) is 3.14. The molecule has 0 saturated heterocycles. The minimum Gasteiger partial charge on any atom is -0.384 e. The Kier molecular flexibility index (Phi) is 4.24. The van der Waals surface area contributed by atoms with Gasteiger partial charge in [0.25, 0.3) is 0 Å². The third kappa shape index (κ3) is 3.89. The lowest BCUT2D eigenvalue weighted by atomic mass is 9.95. The fourth-order valence-corrected chi connectivity index (χ4v) is 1.05. The Bertz CT molecular complexity index is 464. The van der Waals surface area contributed by atoms with Crippen molar-refractivity contribution in [3.05, 3.63) is 24.0 Å². The summed E-state index contributed by atoms with van der Waals surface area (Å²) in [5.41, 5.74) is 0.734. The van der Waals surface area contributed by atoms with Gasteiger partial charge in [-0.1, -0.05) is 32.6 Å². The number of hydrogen-bond acceptors (Lipinski definition) is 3. The largest absolute Gasteiger partial charge is 0.384 e. The highest BCUT2D eigenvalue weighted by atomic mass is 16.2. The molecule has 90 valence electrons. The first-order valence-electron chi connectivity index (χ1n) is 5.30. The van der Waals surface area contributed by atoms with Gasteiger partial charge in [-0.15, -0.1) is 0 Å². The Morgan fingerprint density at radius 2 is 2.24 bits per heavy atom. The van der Waals surface area contributed by atoms with Crippen LogP contribution >= 0.6 is 0 Å². The zero-order valence-electron chi connectivity index (χ0n) is 10.2. The maximum Gasteiger partial charge on any atom is 0.229 e. The van der Waals surface area contributed by atoms with E-state index in [4.69, 9.17) is 5.11 Å². The normalized spacial score (nSPS) is 10.4. The van der Waals surface area contributed by atoms with E-state index in [0.29, 0.717) is 11.3 Å². The number of nitrogens with zero attached hydrogens (tertiary/aromatic N) is 1. The maximum atomic E-state index is 11.8. The van der Waals surface area contributed by atoms with E-state index in [1.165, 1.54) is 0 Å². The highest BCUT2D eigenvalue weighted by Crippen LogP contribution is 2.18. The van der Waals surface area contributed by atoms with Crippen molar-refractivity contribution in [2.24, 2.45) is 5.41 Å². The van der Waals surface area contributed by atoms with Crippen molar-refractivity contribution in [1.82, 2.24) is 4.98 Å². The number of carbonyl (C=O) groups excluding carboxylic acids is 1. The molecule has 1 aromatic rings. The van der Waals surface area contributed by atoms with E-state index in [0.717, 1.165) is 0 Å². The van der Waals surface area contributed by atoms with Crippen LogP contribution in [0.5, 0.6) is 0 Å². The second kappa shape index (κ2) is 5.46. The molecule has 1 amide bonds. The van der Waals surface area contributed by atoms with E-state index in [2.05, 4.69) is 22.1 Å². The van der Waals surface area contributed by atoms with Crippen molar-refractivity contribution in [3.63, 3.8) is 0 Å². The molecular formula is C13H16N2O2. The van der Waals surface area contributed by atoms with Crippen LogP contribution in [0.2, 0.25) is 0 Å². The highest BCUT2D eigenvalue weighted by molar-refractivity contribution is 5.95. The van der Waals surface area contributed by atoms with Crippen LogP contribution in [0.3, 0.4) is 0 Å². The molecule has 0 fully saturated rings. The molecule has 4 heteroatoms. The van der Waals surface area contributed by atoms with Gasteiger partial charge in [-0.05, 0) is 6.07 Å². The molecule has 0 saturated carbocycles. The first-order chi connectivity index (χ1) is 7.95. The number of anilines is 1. The summed E-state index contributed by atoms with van der Waals surface area (Å²) in [6.45, 7) is 5.28. The zero-order valence-corrected chi connectivity index (χ0v) is 10.2. The van der Waals surface area contributed by atoms with E-state index < -0.39 is 5.41 Å². The number of amides is 1. The lowest BCUT2D eigenvalue weighted by Crippen LogP contribution is -2.28. The Balaban J connectivity index is 2.95. The van der Waals surface area contributed by atoms with Crippen LogP contribution in [-0.2, 0) is 4.79 Å². The third-order valence-corrected chi connectivity index (χ3v) is 2.05. The van der Waals surface area contributed by atoms with Crippen molar-refractivity contribution in [2.75, 3.05) is 11.9 Å². The molecule has 0 aromatic carbocycles. The van der Waals surface area contributed by atoms with Gasteiger partial charge in [-0.25, -0.2) is 0 Å². The van der Waals surface area contributed by atoms with E-state index in [-0.39, 0.29) is 12.5 Å². The van der Waals surface area contributed by atoms with Gasteiger partial charge in [0, 0.05) is 11.6 Å². The first-order valence-corrected chi connectivity index (χ1v) is 5.30. The molecule has 0 spiro atoms. The van der Waals surface area contributed by atoms with Crippen LogP contribution in [0, 0.1) is 17.3 Å². The quantitative estimate of drug-likeness (QED) is 0.720. The SMILES string of the molecule is CC(C)(C)C(=O)Nc1cnccc1C#CCO. The molecule has 17 heavy (non-hydrogen) atoms. The lowest BCUT2D eigenvalue weighted by molar-refractivity contribution is -0.123. The molecule has 4 nitrogen and oxygen atoms in total. The van der Waals surface area contributed by atoms with Crippen LogP contribution in [0.25, 0.3) is 0 Å². The molecule has 0 aliphatic heterocycles.